The molecule has 1 aliphatic heterocycles. The average Bonchev–Trinajstić information content (AvgIpc) is 2.65. The van der Waals surface area contributed by atoms with Gasteiger partial charge in [0.1, 0.15) is 19.8 Å². The topological polar surface area (TPSA) is 82.1 Å². The van der Waals surface area contributed by atoms with Crippen molar-refractivity contribution in [2.24, 2.45) is 0 Å². The van der Waals surface area contributed by atoms with Gasteiger partial charge >= 0.3 is 5.97 Å². The predicted octanol–water partition coefficient (Wildman–Crippen LogP) is 2.59. The van der Waals surface area contributed by atoms with E-state index in [1.54, 1.807) is 24.3 Å². The number of carbonyl (C=O) groups is 1. The summed E-state index contributed by atoms with van der Waals surface area (Å²) in [5.41, 5.74) is 0.280. The Kier molecular flexibility index (Phi) is 5.38. The van der Waals surface area contributed by atoms with E-state index in [0.29, 0.717) is 24.7 Å². The zero-order valence-corrected chi connectivity index (χ0v) is 16.2. The molecule has 0 aliphatic carbocycles. The number of sulfonamides is 1. The number of nitrogens with zero attached hydrogens (tertiary/aromatic N) is 1. The Hall–Kier alpha value is -2.26. The van der Waals surface area contributed by atoms with Gasteiger partial charge in [0.2, 0.25) is 0 Å². The van der Waals surface area contributed by atoms with Crippen LogP contribution in [0, 0.1) is 0 Å². The highest BCUT2D eigenvalue weighted by Crippen LogP contribution is 2.35. The maximum absolute atomic E-state index is 13.1. The number of halogens is 1. The van der Waals surface area contributed by atoms with Crippen molar-refractivity contribution in [2.75, 3.05) is 31.2 Å². The fourth-order valence-corrected chi connectivity index (χ4v) is 4.08. The molecule has 2 aromatic carbocycles. The summed E-state index contributed by atoms with van der Waals surface area (Å²) in [6.07, 6.45) is 0. The van der Waals surface area contributed by atoms with Crippen LogP contribution in [-0.2, 0) is 19.6 Å². The number of hydrogen-bond acceptors (Lipinski definition) is 6. The van der Waals surface area contributed by atoms with Gasteiger partial charge in [-0.25, -0.2) is 8.42 Å². The molecule has 0 bridgehead atoms. The molecule has 0 amide bonds. The molecule has 1 aliphatic rings. The van der Waals surface area contributed by atoms with Crippen molar-refractivity contribution >= 4 is 37.6 Å². The van der Waals surface area contributed by atoms with Gasteiger partial charge in [-0.3, -0.25) is 9.10 Å². The average molecular weight is 442 g/mol. The third-order valence-electron chi connectivity index (χ3n) is 3.72. The molecule has 0 saturated heterocycles. The van der Waals surface area contributed by atoms with Gasteiger partial charge in [-0.05, 0) is 36.4 Å². The van der Waals surface area contributed by atoms with Gasteiger partial charge < -0.3 is 14.2 Å². The summed E-state index contributed by atoms with van der Waals surface area (Å²) < 4.78 is 43.5. The summed E-state index contributed by atoms with van der Waals surface area (Å²) in [5, 5.41) is 0. The highest BCUT2D eigenvalue weighted by Gasteiger charge is 2.28. The Balaban J connectivity index is 2.05. The molecule has 138 valence electrons. The van der Waals surface area contributed by atoms with E-state index >= 15 is 0 Å². The number of esters is 1. The summed E-state index contributed by atoms with van der Waals surface area (Å²) in [6.45, 7) is 0.330. The number of fused-ring (bicyclic) bond motifs is 1. The first-order valence-electron chi connectivity index (χ1n) is 7.66. The maximum atomic E-state index is 13.1. The molecule has 0 saturated carbocycles. The summed E-state index contributed by atoms with van der Waals surface area (Å²) in [7, 11) is -2.78. The second-order valence-electron chi connectivity index (χ2n) is 5.37. The molecule has 0 spiro atoms. The number of ether oxygens (including phenoxy) is 3. The maximum Gasteiger partial charge on any atom is 0.326 e. The van der Waals surface area contributed by atoms with Crippen LogP contribution in [-0.4, -0.2) is 41.3 Å². The van der Waals surface area contributed by atoms with E-state index < -0.39 is 22.5 Å². The minimum Gasteiger partial charge on any atom is -0.486 e. The summed E-state index contributed by atoms with van der Waals surface area (Å²) in [6, 6.07) is 10.9. The van der Waals surface area contributed by atoms with Crippen LogP contribution in [0.4, 0.5) is 5.69 Å². The van der Waals surface area contributed by atoms with E-state index in [-0.39, 0.29) is 10.6 Å². The smallest absolute Gasteiger partial charge is 0.326 e. The molecule has 26 heavy (non-hydrogen) atoms. The first kappa shape index (κ1) is 18.5. The van der Waals surface area contributed by atoms with Crippen LogP contribution in [0.15, 0.2) is 51.8 Å². The van der Waals surface area contributed by atoms with Crippen molar-refractivity contribution in [3.8, 4) is 11.5 Å². The SMILES string of the molecule is COC(=O)CN(c1ccc2c(c1)OCCO2)S(=O)(=O)c1ccc(Br)cc1. The van der Waals surface area contributed by atoms with E-state index in [2.05, 4.69) is 20.7 Å². The van der Waals surface area contributed by atoms with Crippen molar-refractivity contribution in [3.05, 3.63) is 46.9 Å². The van der Waals surface area contributed by atoms with Crippen molar-refractivity contribution in [2.45, 2.75) is 4.90 Å². The minimum atomic E-state index is -3.99. The lowest BCUT2D eigenvalue weighted by Crippen LogP contribution is -2.36. The Morgan fingerprint density at radius 2 is 1.77 bits per heavy atom. The second kappa shape index (κ2) is 7.55. The summed E-state index contributed by atoms with van der Waals surface area (Å²) in [5.74, 6) is 0.272. The van der Waals surface area contributed by atoms with Crippen molar-refractivity contribution in [3.63, 3.8) is 0 Å². The molecule has 0 radical (unpaired) electrons. The van der Waals surface area contributed by atoms with Gasteiger partial charge in [0.05, 0.1) is 17.7 Å². The quantitative estimate of drug-likeness (QED) is 0.663. The van der Waals surface area contributed by atoms with E-state index in [9.17, 15) is 13.2 Å². The Bertz CT molecular complexity index is 913. The lowest BCUT2D eigenvalue weighted by Gasteiger charge is -2.25. The van der Waals surface area contributed by atoms with Gasteiger partial charge in [-0.2, -0.15) is 0 Å². The fraction of sp³-hybridized carbons (Fsp3) is 0.235. The molecule has 0 aromatic heterocycles. The lowest BCUT2D eigenvalue weighted by molar-refractivity contribution is -0.138. The number of anilines is 1. The number of benzene rings is 2. The van der Waals surface area contributed by atoms with Gasteiger partial charge in [0.25, 0.3) is 10.0 Å². The first-order chi connectivity index (χ1) is 12.4. The zero-order valence-electron chi connectivity index (χ0n) is 13.8. The molecule has 0 N–H and O–H groups in total. The van der Waals surface area contributed by atoms with Crippen LogP contribution in [0.1, 0.15) is 0 Å². The zero-order chi connectivity index (χ0) is 18.7. The van der Waals surface area contributed by atoms with Crippen LogP contribution in [0.5, 0.6) is 11.5 Å². The molecule has 0 fully saturated rings. The van der Waals surface area contributed by atoms with Crippen LogP contribution < -0.4 is 13.8 Å². The molecule has 1 heterocycles. The highest BCUT2D eigenvalue weighted by atomic mass is 79.9. The van der Waals surface area contributed by atoms with Gasteiger partial charge in [-0.1, -0.05) is 15.9 Å². The highest BCUT2D eigenvalue weighted by molar-refractivity contribution is 9.10. The number of methoxy groups -OCH3 is 1. The number of rotatable bonds is 5. The van der Waals surface area contributed by atoms with Crippen molar-refractivity contribution in [1.82, 2.24) is 0 Å². The molecule has 0 unspecified atom stereocenters. The molecular formula is C17H16BrNO6S. The molecular weight excluding hydrogens is 426 g/mol. The molecule has 7 nitrogen and oxygen atoms in total. The molecule has 3 rings (SSSR count). The monoisotopic (exact) mass is 441 g/mol. The summed E-state index contributed by atoms with van der Waals surface area (Å²) in [4.78, 5) is 11.9. The number of carbonyl (C=O) groups excluding carboxylic acids is 1. The van der Waals surface area contributed by atoms with Crippen LogP contribution in [0.3, 0.4) is 0 Å². The second-order valence-corrected chi connectivity index (χ2v) is 8.15. The summed E-state index contributed by atoms with van der Waals surface area (Å²) >= 11 is 3.27. The van der Waals surface area contributed by atoms with E-state index in [4.69, 9.17) is 9.47 Å². The van der Waals surface area contributed by atoms with Gasteiger partial charge in [0.15, 0.2) is 11.5 Å². The number of hydrogen-bond donors (Lipinski definition) is 0. The fourth-order valence-electron chi connectivity index (χ4n) is 2.42. The van der Waals surface area contributed by atoms with Crippen LogP contribution in [0.25, 0.3) is 0 Å². The van der Waals surface area contributed by atoms with Gasteiger partial charge in [-0.15, -0.1) is 0 Å². The predicted molar refractivity (Wildman–Crippen MR) is 98.1 cm³/mol. The Morgan fingerprint density at radius 1 is 1.12 bits per heavy atom. The standard InChI is InChI=1S/C17H16BrNO6S/c1-23-17(20)11-19(26(21,22)14-5-2-12(18)3-6-14)13-4-7-15-16(10-13)25-9-8-24-15/h2-7,10H,8-9,11H2,1H3. The third kappa shape index (κ3) is 3.78. The van der Waals surface area contributed by atoms with Gasteiger partial charge in [0, 0.05) is 10.5 Å². The van der Waals surface area contributed by atoms with Crippen molar-refractivity contribution in [1.29, 1.82) is 0 Å². The lowest BCUT2D eigenvalue weighted by atomic mass is 10.2. The Morgan fingerprint density at radius 3 is 2.42 bits per heavy atom. The van der Waals surface area contributed by atoms with E-state index in [1.165, 1.54) is 25.3 Å². The van der Waals surface area contributed by atoms with E-state index in [0.717, 1.165) is 8.78 Å². The van der Waals surface area contributed by atoms with Crippen LogP contribution in [0.2, 0.25) is 0 Å². The van der Waals surface area contributed by atoms with E-state index in [1.807, 2.05) is 0 Å². The molecule has 0 atom stereocenters. The molecule has 9 heteroatoms. The van der Waals surface area contributed by atoms with Crippen LogP contribution >= 0.6 is 15.9 Å². The normalized spacial score (nSPS) is 13.2. The van der Waals surface area contributed by atoms with Crippen molar-refractivity contribution < 1.29 is 27.4 Å². The Labute approximate surface area is 159 Å². The largest absolute Gasteiger partial charge is 0.486 e. The molecule has 2 aromatic rings. The first-order valence-corrected chi connectivity index (χ1v) is 9.90. The minimum absolute atomic E-state index is 0.0551. The third-order valence-corrected chi connectivity index (χ3v) is 6.03.